The summed E-state index contributed by atoms with van der Waals surface area (Å²) in [5.74, 6) is -1.96. The molecule has 0 fully saturated rings. The van der Waals surface area contributed by atoms with Gasteiger partial charge in [-0.05, 0) is 32.6 Å². The van der Waals surface area contributed by atoms with E-state index in [1.165, 1.54) is 19.3 Å². The lowest BCUT2D eigenvalue weighted by molar-refractivity contribution is -0.140. The second-order valence-corrected chi connectivity index (χ2v) is 4.73. The number of unbranched alkanes of at least 4 members (excludes halogenated alkanes) is 6. The standard InChI is InChI=1S/C17H27FO2/c1-3-4-5-6-7-8-9-10-11-12-13-14-15-20-17(19)16(2)18/h3-4,6-7H,2,5,8-15H2,1H3. The lowest BCUT2D eigenvalue weighted by Crippen LogP contribution is -2.05. The van der Waals surface area contributed by atoms with Crippen LogP contribution in [0.5, 0.6) is 0 Å². The molecular weight excluding hydrogens is 255 g/mol. The first-order chi connectivity index (χ1) is 9.68. The number of hydrogen-bond donors (Lipinski definition) is 0. The van der Waals surface area contributed by atoms with Crippen molar-refractivity contribution < 1.29 is 13.9 Å². The van der Waals surface area contributed by atoms with Crippen LogP contribution < -0.4 is 0 Å². The molecule has 0 aromatic rings. The molecule has 0 amide bonds. The van der Waals surface area contributed by atoms with Crippen molar-refractivity contribution in [2.75, 3.05) is 6.61 Å². The molecule has 0 N–H and O–H groups in total. The highest BCUT2D eigenvalue weighted by atomic mass is 19.1. The molecule has 0 aliphatic rings. The van der Waals surface area contributed by atoms with Crippen molar-refractivity contribution in [2.24, 2.45) is 0 Å². The molecule has 0 saturated carbocycles. The summed E-state index contributed by atoms with van der Waals surface area (Å²) in [4.78, 5) is 10.7. The van der Waals surface area contributed by atoms with Gasteiger partial charge >= 0.3 is 5.97 Å². The van der Waals surface area contributed by atoms with Crippen molar-refractivity contribution in [1.82, 2.24) is 0 Å². The highest BCUT2D eigenvalue weighted by Gasteiger charge is 2.05. The Labute approximate surface area is 122 Å². The number of ether oxygens (including phenoxy) is 1. The van der Waals surface area contributed by atoms with Gasteiger partial charge in [0.15, 0.2) is 0 Å². The van der Waals surface area contributed by atoms with E-state index in [-0.39, 0.29) is 6.61 Å². The fourth-order valence-electron chi connectivity index (χ4n) is 1.74. The van der Waals surface area contributed by atoms with Crippen LogP contribution in [-0.2, 0) is 9.53 Å². The number of allylic oxidation sites excluding steroid dienone is 4. The molecule has 114 valence electrons. The molecule has 0 heterocycles. The molecule has 0 unspecified atom stereocenters. The van der Waals surface area contributed by atoms with Gasteiger partial charge in [-0.3, -0.25) is 0 Å². The van der Waals surface area contributed by atoms with Crippen LogP contribution in [0.15, 0.2) is 36.7 Å². The highest BCUT2D eigenvalue weighted by molar-refractivity contribution is 5.85. The fraction of sp³-hybridized carbons (Fsp3) is 0.588. The summed E-state index contributed by atoms with van der Waals surface area (Å²) in [5, 5.41) is 0. The van der Waals surface area contributed by atoms with Gasteiger partial charge in [0, 0.05) is 0 Å². The van der Waals surface area contributed by atoms with E-state index in [9.17, 15) is 9.18 Å². The minimum absolute atomic E-state index is 0.287. The van der Waals surface area contributed by atoms with E-state index < -0.39 is 11.8 Å². The summed E-state index contributed by atoms with van der Waals surface area (Å²) < 4.78 is 16.9. The monoisotopic (exact) mass is 282 g/mol. The van der Waals surface area contributed by atoms with Gasteiger partial charge in [0.05, 0.1) is 6.61 Å². The molecule has 0 atom stereocenters. The van der Waals surface area contributed by atoms with E-state index in [0.717, 1.165) is 32.1 Å². The first kappa shape index (κ1) is 18.6. The molecule has 20 heavy (non-hydrogen) atoms. The highest BCUT2D eigenvalue weighted by Crippen LogP contribution is 2.08. The third kappa shape index (κ3) is 13.1. The predicted molar refractivity (Wildman–Crippen MR) is 82.1 cm³/mol. The SMILES string of the molecule is C=C(F)C(=O)OCCCCCCCCC=CCC=CC. The summed E-state index contributed by atoms with van der Waals surface area (Å²) >= 11 is 0. The van der Waals surface area contributed by atoms with Crippen molar-refractivity contribution >= 4 is 5.97 Å². The molecule has 0 aromatic heterocycles. The Bertz CT molecular complexity index is 319. The van der Waals surface area contributed by atoms with Crippen molar-refractivity contribution in [3.05, 3.63) is 36.7 Å². The van der Waals surface area contributed by atoms with Crippen molar-refractivity contribution in [3.8, 4) is 0 Å². The van der Waals surface area contributed by atoms with Crippen LogP contribution in [0.4, 0.5) is 4.39 Å². The van der Waals surface area contributed by atoms with Crippen LogP contribution in [-0.4, -0.2) is 12.6 Å². The van der Waals surface area contributed by atoms with Crippen molar-refractivity contribution in [2.45, 2.75) is 58.3 Å². The summed E-state index contributed by atoms with van der Waals surface area (Å²) in [6.45, 7) is 5.20. The Balaban J connectivity index is 3.19. The molecule has 0 rings (SSSR count). The maximum atomic E-state index is 12.3. The third-order valence-electron chi connectivity index (χ3n) is 2.89. The van der Waals surface area contributed by atoms with E-state index in [0.29, 0.717) is 0 Å². The second kappa shape index (κ2) is 14.0. The predicted octanol–water partition coefficient (Wildman–Crippen LogP) is 5.27. The normalized spacial score (nSPS) is 11.3. The van der Waals surface area contributed by atoms with Gasteiger partial charge in [-0.25, -0.2) is 4.79 Å². The van der Waals surface area contributed by atoms with Gasteiger partial charge in [0.2, 0.25) is 5.83 Å². The quantitative estimate of drug-likeness (QED) is 0.211. The van der Waals surface area contributed by atoms with E-state index in [1.54, 1.807) is 0 Å². The topological polar surface area (TPSA) is 26.3 Å². The molecule has 0 aliphatic heterocycles. The van der Waals surface area contributed by atoms with Crippen LogP contribution in [0.1, 0.15) is 58.3 Å². The van der Waals surface area contributed by atoms with Gasteiger partial charge in [0.25, 0.3) is 0 Å². The van der Waals surface area contributed by atoms with Gasteiger partial charge in [-0.15, -0.1) is 0 Å². The largest absolute Gasteiger partial charge is 0.460 e. The Hall–Kier alpha value is -1.38. The molecule has 2 nitrogen and oxygen atoms in total. The first-order valence-corrected chi connectivity index (χ1v) is 7.46. The number of hydrogen-bond acceptors (Lipinski definition) is 2. The van der Waals surface area contributed by atoms with Crippen LogP contribution in [0.2, 0.25) is 0 Å². The summed E-state index contributed by atoms with van der Waals surface area (Å²) in [6.07, 6.45) is 17.4. The Morgan fingerprint density at radius 3 is 2.35 bits per heavy atom. The van der Waals surface area contributed by atoms with Gasteiger partial charge in [-0.1, -0.05) is 56.6 Å². The lowest BCUT2D eigenvalue weighted by Gasteiger charge is -2.03. The molecular formula is C17H27FO2. The molecule has 0 aromatic carbocycles. The van der Waals surface area contributed by atoms with Crippen LogP contribution in [0, 0.1) is 0 Å². The molecule has 0 radical (unpaired) electrons. The number of carbonyl (C=O) groups is 1. The molecule has 0 spiro atoms. The average Bonchev–Trinajstić information content (AvgIpc) is 2.43. The van der Waals surface area contributed by atoms with Crippen LogP contribution in [0.3, 0.4) is 0 Å². The Kier molecular flexibility index (Phi) is 13.1. The second-order valence-electron chi connectivity index (χ2n) is 4.73. The molecule has 0 saturated heterocycles. The van der Waals surface area contributed by atoms with Crippen LogP contribution >= 0.6 is 0 Å². The first-order valence-electron chi connectivity index (χ1n) is 7.46. The maximum Gasteiger partial charge on any atom is 0.366 e. The third-order valence-corrected chi connectivity index (χ3v) is 2.89. The van der Waals surface area contributed by atoms with Gasteiger partial charge in [-0.2, -0.15) is 4.39 Å². The zero-order chi connectivity index (χ0) is 15.1. The van der Waals surface area contributed by atoms with E-state index in [1.807, 2.05) is 6.92 Å². The van der Waals surface area contributed by atoms with Gasteiger partial charge in [0.1, 0.15) is 0 Å². The fourth-order valence-corrected chi connectivity index (χ4v) is 1.74. The zero-order valence-electron chi connectivity index (χ0n) is 12.6. The smallest absolute Gasteiger partial charge is 0.366 e. The molecule has 0 aliphatic carbocycles. The molecule has 0 bridgehead atoms. The number of rotatable bonds is 12. The van der Waals surface area contributed by atoms with Crippen LogP contribution in [0.25, 0.3) is 0 Å². The Morgan fingerprint density at radius 1 is 1.05 bits per heavy atom. The van der Waals surface area contributed by atoms with E-state index >= 15 is 0 Å². The summed E-state index contributed by atoms with van der Waals surface area (Å²) in [6, 6.07) is 0. The minimum atomic E-state index is -1.02. The zero-order valence-corrected chi connectivity index (χ0v) is 12.6. The number of halogens is 1. The minimum Gasteiger partial charge on any atom is -0.460 e. The van der Waals surface area contributed by atoms with Gasteiger partial charge < -0.3 is 4.74 Å². The van der Waals surface area contributed by atoms with E-state index in [4.69, 9.17) is 0 Å². The Morgan fingerprint density at radius 2 is 1.70 bits per heavy atom. The number of esters is 1. The lowest BCUT2D eigenvalue weighted by atomic mass is 10.1. The maximum absolute atomic E-state index is 12.3. The van der Waals surface area contributed by atoms with E-state index in [2.05, 4.69) is 35.6 Å². The summed E-state index contributed by atoms with van der Waals surface area (Å²) in [5.41, 5.74) is 0. The summed E-state index contributed by atoms with van der Waals surface area (Å²) in [7, 11) is 0. The van der Waals surface area contributed by atoms with Crippen molar-refractivity contribution in [1.29, 1.82) is 0 Å². The average molecular weight is 282 g/mol. The van der Waals surface area contributed by atoms with Crippen molar-refractivity contribution in [3.63, 3.8) is 0 Å². The number of carbonyl (C=O) groups excluding carboxylic acids is 1. The molecule has 3 heteroatoms.